The van der Waals surface area contributed by atoms with E-state index in [2.05, 4.69) is 9.97 Å². The van der Waals surface area contributed by atoms with Gasteiger partial charge < -0.3 is 14.5 Å². The number of carbonyl (C=O) groups excluding carboxylic acids is 1. The first kappa shape index (κ1) is 20.8. The lowest BCUT2D eigenvalue weighted by Gasteiger charge is -2.27. The van der Waals surface area contributed by atoms with Gasteiger partial charge in [-0.1, -0.05) is 18.2 Å². The summed E-state index contributed by atoms with van der Waals surface area (Å²) in [6, 6.07) is 11.3. The summed E-state index contributed by atoms with van der Waals surface area (Å²) in [7, 11) is 3.84. The zero-order valence-corrected chi connectivity index (χ0v) is 18.2. The molecule has 3 heterocycles. The minimum Gasteiger partial charge on any atom is -0.484 e. The lowest BCUT2D eigenvalue weighted by atomic mass is 9.98. The molecule has 1 saturated heterocycles. The van der Waals surface area contributed by atoms with E-state index in [0.717, 1.165) is 35.2 Å². The Morgan fingerprint density at radius 1 is 1.16 bits per heavy atom. The van der Waals surface area contributed by atoms with Crippen molar-refractivity contribution in [1.82, 2.24) is 19.9 Å². The number of aromatic nitrogens is 3. The van der Waals surface area contributed by atoms with Gasteiger partial charge in [0.2, 0.25) is 5.95 Å². The number of hydrogen-bond donors (Lipinski definition) is 0. The Labute approximate surface area is 182 Å². The Kier molecular flexibility index (Phi) is 6.11. The summed E-state index contributed by atoms with van der Waals surface area (Å²) in [5.74, 6) is 1.29. The van der Waals surface area contributed by atoms with Crippen LogP contribution in [0.1, 0.15) is 30.1 Å². The highest BCUT2D eigenvalue weighted by Gasteiger charge is 2.33. The minimum atomic E-state index is -0.115. The summed E-state index contributed by atoms with van der Waals surface area (Å²) >= 11 is 0. The van der Waals surface area contributed by atoms with E-state index < -0.39 is 0 Å². The van der Waals surface area contributed by atoms with Gasteiger partial charge in [0.15, 0.2) is 6.61 Å². The van der Waals surface area contributed by atoms with Crippen LogP contribution in [0.3, 0.4) is 0 Å². The third-order valence-corrected chi connectivity index (χ3v) is 5.51. The molecule has 1 aliphatic rings. The zero-order valence-electron chi connectivity index (χ0n) is 18.2. The first-order valence-electron chi connectivity index (χ1n) is 10.5. The van der Waals surface area contributed by atoms with Gasteiger partial charge in [-0.2, -0.15) is 0 Å². The van der Waals surface area contributed by atoms with E-state index in [-0.39, 0.29) is 18.6 Å². The Morgan fingerprint density at radius 2 is 1.97 bits per heavy atom. The number of likely N-dealkylation sites (tertiary alicyclic amines) is 1. The van der Waals surface area contributed by atoms with Crippen LogP contribution in [0.5, 0.6) is 5.75 Å². The maximum Gasteiger partial charge on any atom is 0.261 e. The highest BCUT2D eigenvalue weighted by atomic mass is 16.5. The van der Waals surface area contributed by atoms with Gasteiger partial charge in [0, 0.05) is 44.8 Å². The van der Waals surface area contributed by atoms with Crippen molar-refractivity contribution in [3.05, 3.63) is 66.2 Å². The standard InChI is InChI=1S/C24H27N5O2/c1-17-14-25-12-11-19(17)20-15-26-24(28(2)3)27-23(20)21-10-7-13-29(21)22(30)16-31-18-8-5-4-6-9-18/h4-6,8-9,11-12,14-15,21H,7,10,13,16H2,1-3H3/t21-/m1/s1. The van der Waals surface area contributed by atoms with E-state index in [1.807, 2.05) is 79.6 Å². The largest absolute Gasteiger partial charge is 0.484 e. The maximum atomic E-state index is 13.1. The summed E-state index contributed by atoms with van der Waals surface area (Å²) in [6.45, 7) is 2.73. The molecular weight excluding hydrogens is 390 g/mol. The summed E-state index contributed by atoms with van der Waals surface area (Å²) in [4.78, 5) is 30.5. The number of ether oxygens (including phenoxy) is 1. The lowest BCUT2D eigenvalue weighted by Crippen LogP contribution is -2.35. The molecule has 0 radical (unpaired) electrons. The van der Waals surface area contributed by atoms with Crippen molar-refractivity contribution in [2.24, 2.45) is 0 Å². The summed E-state index contributed by atoms with van der Waals surface area (Å²) in [5, 5.41) is 0. The average Bonchev–Trinajstić information content (AvgIpc) is 3.28. The fourth-order valence-corrected chi connectivity index (χ4v) is 3.93. The van der Waals surface area contributed by atoms with E-state index in [4.69, 9.17) is 9.72 Å². The van der Waals surface area contributed by atoms with Gasteiger partial charge in [0.05, 0.1) is 11.7 Å². The highest BCUT2D eigenvalue weighted by molar-refractivity contribution is 5.79. The van der Waals surface area contributed by atoms with Crippen molar-refractivity contribution in [1.29, 1.82) is 0 Å². The molecule has 1 atom stereocenters. The van der Waals surface area contributed by atoms with Crippen LogP contribution in [0.4, 0.5) is 5.95 Å². The van der Waals surface area contributed by atoms with E-state index in [9.17, 15) is 4.79 Å². The van der Waals surface area contributed by atoms with Gasteiger partial charge in [-0.3, -0.25) is 9.78 Å². The van der Waals surface area contributed by atoms with E-state index in [1.54, 1.807) is 6.20 Å². The Bertz CT molecular complexity index is 1050. The number of benzene rings is 1. The van der Waals surface area contributed by atoms with Gasteiger partial charge in [-0.05, 0) is 49.1 Å². The molecule has 31 heavy (non-hydrogen) atoms. The number of carbonyl (C=O) groups is 1. The van der Waals surface area contributed by atoms with E-state index >= 15 is 0 Å². The van der Waals surface area contributed by atoms with Crippen LogP contribution in [-0.4, -0.2) is 53.0 Å². The SMILES string of the molecule is Cc1cnccc1-c1cnc(N(C)C)nc1[C@H]1CCCN1C(=O)COc1ccccc1. The molecule has 7 nitrogen and oxygen atoms in total. The Hall–Kier alpha value is -3.48. The van der Waals surface area contributed by atoms with Crippen molar-refractivity contribution in [3.63, 3.8) is 0 Å². The first-order valence-corrected chi connectivity index (χ1v) is 10.5. The number of aryl methyl sites for hydroxylation is 1. The monoisotopic (exact) mass is 417 g/mol. The highest BCUT2D eigenvalue weighted by Crippen LogP contribution is 2.37. The predicted octanol–water partition coefficient (Wildman–Crippen LogP) is 3.66. The average molecular weight is 418 g/mol. The molecular formula is C24H27N5O2. The number of hydrogen-bond acceptors (Lipinski definition) is 6. The third-order valence-electron chi connectivity index (χ3n) is 5.51. The quantitative estimate of drug-likeness (QED) is 0.610. The van der Waals surface area contributed by atoms with Crippen molar-refractivity contribution < 1.29 is 9.53 Å². The molecule has 0 unspecified atom stereocenters. The molecule has 3 aromatic rings. The predicted molar refractivity (Wildman–Crippen MR) is 120 cm³/mol. The molecule has 1 aliphatic heterocycles. The normalized spacial score (nSPS) is 15.7. The second-order valence-corrected chi connectivity index (χ2v) is 7.90. The molecule has 1 amide bonds. The maximum absolute atomic E-state index is 13.1. The molecule has 4 rings (SSSR count). The smallest absolute Gasteiger partial charge is 0.261 e. The zero-order chi connectivity index (χ0) is 21.8. The number of amides is 1. The van der Waals surface area contributed by atoms with Gasteiger partial charge >= 0.3 is 0 Å². The van der Waals surface area contributed by atoms with E-state index in [0.29, 0.717) is 18.2 Å². The number of nitrogens with zero attached hydrogens (tertiary/aromatic N) is 5. The van der Waals surface area contributed by atoms with Crippen LogP contribution in [0.2, 0.25) is 0 Å². The van der Waals surface area contributed by atoms with Crippen LogP contribution in [0.15, 0.2) is 55.0 Å². The Morgan fingerprint density at radius 3 is 2.71 bits per heavy atom. The second-order valence-electron chi connectivity index (χ2n) is 7.90. The molecule has 160 valence electrons. The molecule has 1 fully saturated rings. The molecule has 7 heteroatoms. The molecule has 1 aromatic carbocycles. The van der Waals surface area contributed by atoms with Gasteiger partial charge in [-0.15, -0.1) is 0 Å². The lowest BCUT2D eigenvalue weighted by molar-refractivity contribution is -0.134. The molecule has 0 bridgehead atoms. The van der Waals surface area contributed by atoms with E-state index in [1.165, 1.54) is 0 Å². The second kappa shape index (κ2) is 9.12. The van der Waals surface area contributed by atoms with Gasteiger partial charge in [-0.25, -0.2) is 9.97 Å². The van der Waals surface area contributed by atoms with Crippen molar-refractivity contribution in [2.75, 3.05) is 32.1 Å². The molecule has 0 N–H and O–H groups in total. The molecule has 2 aromatic heterocycles. The number of pyridine rings is 1. The summed E-state index contributed by atoms with van der Waals surface area (Å²) in [6.07, 6.45) is 7.26. The van der Waals surface area contributed by atoms with Crippen molar-refractivity contribution in [2.45, 2.75) is 25.8 Å². The number of rotatable bonds is 6. The van der Waals surface area contributed by atoms with Crippen LogP contribution in [0, 0.1) is 6.92 Å². The van der Waals surface area contributed by atoms with Gasteiger partial charge in [0.25, 0.3) is 5.91 Å². The number of para-hydroxylation sites is 1. The number of anilines is 1. The van der Waals surface area contributed by atoms with Crippen LogP contribution < -0.4 is 9.64 Å². The van der Waals surface area contributed by atoms with Crippen molar-refractivity contribution >= 4 is 11.9 Å². The molecule has 0 aliphatic carbocycles. The fraction of sp³-hybridized carbons (Fsp3) is 0.333. The van der Waals surface area contributed by atoms with Crippen molar-refractivity contribution in [3.8, 4) is 16.9 Å². The Balaban J connectivity index is 1.65. The van der Waals surface area contributed by atoms with Crippen LogP contribution >= 0.6 is 0 Å². The van der Waals surface area contributed by atoms with Gasteiger partial charge in [0.1, 0.15) is 5.75 Å². The fourth-order valence-electron chi connectivity index (χ4n) is 3.93. The summed E-state index contributed by atoms with van der Waals surface area (Å²) < 4.78 is 5.72. The summed E-state index contributed by atoms with van der Waals surface area (Å²) in [5.41, 5.74) is 3.90. The third kappa shape index (κ3) is 4.50. The first-order chi connectivity index (χ1) is 15.0. The van der Waals surface area contributed by atoms with Crippen LogP contribution in [-0.2, 0) is 4.79 Å². The minimum absolute atomic E-state index is 0.00968. The topological polar surface area (TPSA) is 71.5 Å². The molecule has 0 saturated carbocycles. The van der Waals surface area contributed by atoms with Crippen LogP contribution in [0.25, 0.3) is 11.1 Å². The molecule has 0 spiro atoms.